The van der Waals surface area contributed by atoms with Crippen LogP contribution in [0.25, 0.3) is 0 Å². The number of likely N-dealkylation sites (tertiary alicyclic amines) is 1. The number of aliphatic carboxylic acids is 1. The smallest absolute Gasteiger partial charge is 0.417 e. The van der Waals surface area contributed by atoms with Gasteiger partial charge in [0.15, 0.2) is 9.84 Å². The summed E-state index contributed by atoms with van der Waals surface area (Å²) in [5.41, 5.74) is -1.22. The molecule has 2 fully saturated rings. The Hall–Kier alpha value is -1.65. The molecule has 2 saturated heterocycles. The highest BCUT2D eigenvalue weighted by Gasteiger charge is 2.48. The second kappa shape index (κ2) is 7.40. The number of benzene rings is 1. The van der Waals surface area contributed by atoms with Gasteiger partial charge < -0.3 is 9.84 Å². The minimum absolute atomic E-state index is 0.101. The van der Waals surface area contributed by atoms with Crippen LogP contribution in [0.3, 0.4) is 0 Å². The Bertz CT molecular complexity index is 805. The number of rotatable bonds is 4. The molecule has 0 bridgehead atoms. The number of halogens is 3. The minimum atomic E-state index is -4.81. The van der Waals surface area contributed by atoms with Crippen LogP contribution in [0, 0.1) is 0 Å². The summed E-state index contributed by atoms with van der Waals surface area (Å²) >= 11 is 0. The highest BCUT2D eigenvalue weighted by molar-refractivity contribution is 7.92. The van der Waals surface area contributed by atoms with E-state index in [1.807, 2.05) is 0 Å². The molecule has 0 saturated carbocycles. The van der Waals surface area contributed by atoms with E-state index < -0.39 is 43.7 Å². The maximum Gasteiger partial charge on any atom is 0.417 e. The van der Waals surface area contributed by atoms with Gasteiger partial charge in [-0.15, -0.1) is 0 Å². The molecule has 1 N–H and O–H groups in total. The van der Waals surface area contributed by atoms with E-state index in [2.05, 4.69) is 0 Å². The van der Waals surface area contributed by atoms with E-state index in [1.165, 1.54) is 6.07 Å². The molecule has 0 aliphatic carbocycles. The van der Waals surface area contributed by atoms with E-state index in [1.54, 1.807) is 4.90 Å². The second-order valence-electron chi connectivity index (χ2n) is 6.79. The lowest BCUT2D eigenvalue weighted by molar-refractivity contribution is -0.143. The number of hydrogen-bond acceptors (Lipinski definition) is 5. The quantitative estimate of drug-likeness (QED) is 0.824. The first-order valence-electron chi connectivity index (χ1n) is 8.59. The number of nitrogens with zero attached hydrogens (tertiary/aromatic N) is 1. The van der Waals surface area contributed by atoms with Crippen molar-refractivity contribution in [2.45, 2.75) is 47.7 Å². The molecule has 1 aromatic carbocycles. The molecule has 150 valence electrons. The second-order valence-corrected chi connectivity index (χ2v) is 8.99. The Balaban J connectivity index is 1.93. The highest BCUT2D eigenvalue weighted by Crippen LogP contribution is 2.38. The summed E-state index contributed by atoms with van der Waals surface area (Å²) in [6, 6.07) is 2.84. The molecule has 2 aliphatic rings. The summed E-state index contributed by atoms with van der Waals surface area (Å²) in [6.45, 7) is 0.791. The molecule has 0 spiro atoms. The Morgan fingerprint density at radius 2 is 1.81 bits per heavy atom. The van der Waals surface area contributed by atoms with Crippen LogP contribution in [0.4, 0.5) is 13.2 Å². The Labute approximate surface area is 154 Å². The number of sulfone groups is 1. The van der Waals surface area contributed by atoms with Crippen molar-refractivity contribution in [3.63, 3.8) is 0 Å². The van der Waals surface area contributed by atoms with Crippen molar-refractivity contribution in [3.8, 4) is 0 Å². The van der Waals surface area contributed by atoms with Crippen molar-refractivity contribution in [3.05, 3.63) is 29.8 Å². The van der Waals surface area contributed by atoms with Gasteiger partial charge in [-0.2, -0.15) is 13.2 Å². The summed E-state index contributed by atoms with van der Waals surface area (Å²) in [7, 11) is -4.35. The molecule has 0 radical (unpaired) electrons. The van der Waals surface area contributed by atoms with E-state index in [4.69, 9.17) is 4.74 Å². The fraction of sp³-hybridized carbons (Fsp3) is 0.588. The summed E-state index contributed by atoms with van der Waals surface area (Å²) in [4.78, 5) is 12.5. The lowest BCUT2D eigenvalue weighted by Gasteiger charge is -2.33. The van der Waals surface area contributed by atoms with Gasteiger partial charge in [-0.1, -0.05) is 12.1 Å². The van der Waals surface area contributed by atoms with E-state index in [-0.39, 0.29) is 19.0 Å². The van der Waals surface area contributed by atoms with Crippen LogP contribution in [-0.4, -0.2) is 61.5 Å². The summed E-state index contributed by atoms with van der Waals surface area (Å²) in [6.07, 6.45) is -3.92. The predicted octanol–water partition coefficient (Wildman–Crippen LogP) is 2.19. The highest BCUT2D eigenvalue weighted by atomic mass is 32.2. The molecule has 27 heavy (non-hydrogen) atoms. The van der Waals surface area contributed by atoms with Gasteiger partial charge >= 0.3 is 12.1 Å². The maximum absolute atomic E-state index is 13.3. The molecule has 2 atom stereocenters. The fourth-order valence-electron chi connectivity index (χ4n) is 3.84. The first-order valence-corrected chi connectivity index (χ1v) is 10.1. The number of carboxylic acid groups (broad SMARTS) is 1. The third-order valence-corrected chi connectivity index (χ3v) is 7.37. The standard InChI is InChI=1S/C17H20F3NO5S/c18-17(19,20)13-3-1-2-4-15(13)27(24,25)12-9-14(16(22)23)21(10-12)11-5-7-26-8-6-11/h1-4,11-12,14H,5-10H2,(H,22,23). The SMILES string of the molecule is O=C(O)C1CC(S(=O)(=O)c2ccccc2C(F)(F)F)CN1C1CCOCC1. The molecule has 6 nitrogen and oxygen atoms in total. The Morgan fingerprint density at radius 3 is 2.41 bits per heavy atom. The van der Waals surface area contributed by atoms with Crippen LogP contribution in [-0.2, 0) is 25.5 Å². The van der Waals surface area contributed by atoms with Gasteiger partial charge in [0, 0.05) is 25.8 Å². The molecular weight excluding hydrogens is 387 g/mol. The first kappa shape index (κ1) is 20.1. The van der Waals surface area contributed by atoms with E-state index in [0.717, 1.165) is 18.2 Å². The monoisotopic (exact) mass is 407 g/mol. The summed E-state index contributed by atoms with van der Waals surface area (Å²) in [5, 5.41) is 8.30. The zero-order valence-electron chi connectivity index (χ0n) is 14.4. The van der Waals surface area contributed by atoms with Gasteiger partial charge in [-0.05, 0) is 31.4 Å². The van der Waals surface area contributed by atoms with E-state index in [9.17, 15) is 31.5 Å². The summed E-state index contributed by atoms with van der Waals surface area (Å²) in [5.74, 6) is -1.16. The first-order chi connectivity index (χ1) is 12.6. The third kappa shape index (κ3) is 3.97. The van der Waals surface area contributed by atoms with Crippen LogP contribution in [0.1, 0.15) is 24.8 Å². The van der Waals surface area contributed by atoms with Crippen molar-refractivity contribution in [1.29, 1.82) is 0 Å². The maximum atomic E-state index is 13.3. The van der Waals surface area contributed by atoms with Crippen LogP contribution in [0.15, 0.2) is 29.2 Å². The van der Waals surface area contributed by atoms with Gasteiger partial charge in [-0.3, -0.25) is 9.69 Å². The van der Waals surface area contributed by atoms with Crippen molar-refractivity contribution >= 4 is 15.8 Å². The van der Waals surface area contributed by atoms with Crippen LogP contribution >= 0.6 is 0 Å². The lowest BCUT2D eigenvalue weighted by atomic mass is 10.1. The van der Waals surface area contributed by atoms with Gasteiger partial charge in [0.05, 0.1) is 15.7 Å². The molecule has 2 aliphatic heterocycles. The summed E-state index contributed by atoms with van der Waals surface area (Å²) < 4.78 is 70.9. The molecule has 1 aromatic rings. The molecule has 0 amide bonds. The van der Waals surface area contributed by atoms with Gasteiger partial charge in [-0.25, -0.2) is 8.42 Å². The average Bonchev–Trinajstić information content (AvgIpc) is 3.08. The van der Waals surface area contributed by atoms with Crippen LogP contribution in [0.5, 0.6) is 0 Å². The van der Waals surface area contributed by atoms with Gasteiger partial charge in [0.1, 0.15) is 6.04 Å². The fourth-order valence-corrected chi connectivity index (χ4v) is 5.76. The number of alkyl halides is 3. The van der Waals surface area contributed by atoms with Crippen LogP contribution < -0.4 is 0 Å². The third-order valence-electron chi connectivity index (χ3n) is 5.18. The van der Waals surface area contributed by atoms with Crippen LogP contribution in [0.2, 0.25) is 0 Å². The van der Waals surface area contributed by atoms with Crippen molar-refractivity contribution in [2.75, 3.05) is 19.8 Å². The Kier molecular flexibility index (Phi) is 5.51. The average molecular weight is 407 g/mol. The van der Waals surface area contributed by atoms with Gasteiger partial charge in [0.2, 0.25) is 0 Å². The van der Waals surface area contributed by atoms with E-state index in [0.29, 0.717) is 26.1 Å². The Morgan fingerprint density at radius 1 is 1.19 bits per heavy atom. The number of carboxylic acids is 1. The van der Waals surface area contributed by atoms with E-state index >= 15 is 0 Å². The molecule has 0 aromatic heterocycles. The molecule has 10 heteroatoms. The topological polar surface area (TPSA) is 83.9 Å². The van der Waals surface area contributed by atoms with Crippen molar-refractivity contribution < 1.29 is 36.2 Å². The molecule has 2 heterocycles. The van der Waals surface area contributed by atoms with Gasteiger partial charge in [0.25, 0.3) is 0 Å². The minimum Gasteiger partial charge on any atom is -0.480 e. The zero-order chi connectivity index (χ0) is 19.8. The largest absolute Gasteiger partial charge is 0.480 e. The predicted molar refractivity (Wildman–Crippen MR) is 89.0 cm³/mol. The normalized spacial score (nSPS) is 25.6. The zero-order valence-corrected chi connectivity index (χ0v) is 15.2. The molecule has 2 unspecified atom stereocenters. The van der Waals surface area contributed by atoms with Crippen molar-refractivity contribution in [2.24, 2.45) is 0 Å². The lowest BCUT2D eigenvalue weighted by Crippen LogP contribution is -2.46. The van der Waals surface area contributed by atoms with Crippen molar-refractivity contribution in [1.82, 2.24) is 4.90 Å². The molecule has 3 rings (SSSR count). The number of hydrogen-bond donors (Lipinski definition) is 1. The molecular formula is C17H20F3NO5S. The number of carbonyl (C=O) groups is 1. The number of ether oxygens (including phenoxy) is 1.